The van der Waals surface area contributed by atoms with Crippen LogP contribution in [0.4, 0.5) is 10.5 Å². The third kappa shape index (κ3) is 4.81. The molecule has 1 aromatic rings. The lowest BCUT2D eigenvalue weighted by Crippen LogP contribution is -2.44. The monoisotopic (exact) mass is 321 g/mol. The van der Waals surface area contributed by atoms with E-state index in [0.29, 0.717) is 11.3 Å². The summed E-state index contributed by atoms with van der Waals surface area (Å²) in [4.78, 5) is 37.3. The van der Waals surface area contributed by atoms with Gasteiger partial charge in [0.1, 0.15) is 0 Å². The fourth-order valence-electron chi connectivity index (χ4n) is 1.79. The minimum absolute atomic E-state index is 0.160. The van der Waals surface area contributed by atoms with Gasteiger partial charge in [-0.1, -0.05) is 20.8 Å². The Morgan fingerprint density at radius 1 is 0.957 bits per heavy atom. The second kappa shape index (κ2) is 7.76. The number of nitrogens with zero attached hydrogens (tertiary/aromatic N) is 1. The Kier molecular flexibility index (Phi) is 6.30. The molecule has 6 nitrogen and oxygen atoms in total. The predicted octanol–water partition coefficient (Wildman–Crippen LogP) is 3.40. The zero-order valence-corrected chi connectivity index (χ0v) is 14.2. The molecule has 126 valence electrons. The molecule has 1 aromatic carbocycles. The lowest BCUT2D eigenvalue weighted by Gasteiger charge is -2.27. The van der Waals surface area contributed by atoms with E-state index in [4.69, 9.17) is 9.47 Å². The van der Waals surface area contributed by atoms with Gasteiger partial charge in [-0.3, -0.25) is 4.79 Å². The number of carbonyl (C=O) groups is 3. The lowest BCUT2D eigenvalue weighted by atomic mass is 9.94. The van der Waals surface area contributed by atoms with Crippen LogP contribution in [0.25, 0.3) is 0 Å². The van der Waals surface area contributed by atoms with E-state index in [1.807, 2.05) is 0 Å². The van der Waals surface area contributed by atoms with Gasteiger partial charge in [-0.25, -0.2) is 14.5 Å². The van der Waals surface area contributed by atoms with Crippen molar-refractivity contribution in [2.75, 3.05) is 18.1 Å². The smallest absolute Gasteiger partial charge is 0.421 e. The summed E-state index contributed by atoms with van der Waals surface area (Å²) in [7, 11) is 0. The quantitative estimate of drug-likeness (QED) is 0.795. The molecule has 23 heavy (non-hydrogen) atoms. The number of ether oxygens (including phenoxy) is 2. The number of hydrogen-bond donors (Lipinski definition) is 0. The summed E-state index contributed by atoms with van der Waals surface area (Å²) < 4.78 is 9.87. The summed E-state index contributed by atoms with van der Waals surface area (Å²) in [5.74, 6) is -0.844. The van der Waals surface area contributed by atoms with Crippen molar-refractivity contribution in [1.82, 2.24) is 0 Å². The van der Waals surface area contributed by atoms with Gasteiger partial charge < -0.3 is 9.47 Å². The van der Waals surface area contributed by atoms with Crippen molar-refractivity contribution >= 4 is 23.7 Å². The molecule has 6 heteroatoms. The van der Waals surface area contributed by atoms with Crippen LogP contribution < -0.4 is 4.90 Å². The standard InChI is InChI=1S/C17H23NO5/c1-6-22-14(19)12-8-10-13(11-9-12)18(16(21)23-7-2)15(20)17(3,4)5/h8-11H,6-7H2,1-5H3. The molecule has 2 amide bonds. The maximum Gasteiger partial charge on any atom is 0.421 e. The number of anilines is 1. The molecular weight excluding hydrogens is 298 g/mol. The molecule has 0 heterocycles. The van der Waals surface area contributed by atoms with Crippen LogP contribution in [0.5, 0.6) is 0 Å². The fraction of sp³-hybridized carbons (Fsp3) is 0.471. The number of imide groups is 1. The minimum atomic E-state index is -0.757. The number of amides is 2. The van der Waals surface area contributed by atoms with Gasteiger partial charge in [-0.05, 0) is 38.1 Å². The van der Waals surface area contributed by atoms with Crippen molar-refractivity contribution in [2.45, 2.75) is 34.6 Å². The number of carbonyl (C=O) groups excluding carboxylic acids is 3. The van der Waals surface area contributed by atoms with Crippen LogP contribution in [0.15, 0.2) is 24.3 Å². The van der Waals surface area contributed by atoms with Crippen LogP contribution in [-0.4, -0.2) is 31.2 Å². The minimum Gasteiger partial charge on any atom is -0.462 e. The first-order chi connectivity index (χ1) is 10.7. The number of esters is 1. The molecule has 0 bridgehead atoms. The van der Waals surface area contributed by atoms with Crippen LogP contribution in [0, 0.1) is 5.41 Å². The normalized spacial score (nSPS) is 10.8. The Balaban J connectivity index is 3.15. The summed E-state index contributed by atoms with van der Waals surface area (Å²) in [6.45, 7) is 8.97. The van der Waals surface area contributed by atoms with Gasteiger partial charge in [-0.2, -0.15) is 0 Å². The molecule has 0 saturated heterocycles. The van der Waals surface area contributed by atoms with Crippen molar-refractivity contribution < 1.29 is 23.9 Å². The van der Waals surface area contributed by atoms with Gasteiger partial charge in [-0.15, -0.1) is 0 Å². The maximum absolute atomic E-state index is 12.5. The number of rotatable bonds is 4. The summed E-state index contributed by atoms with van der Waals surface area (Å²) in [5, 5.41) is 0. The topological polar surface area (TPSA) is 72.9 Å². The van der Waals surface area contributed by atoms with Crippen molar-refractivity contribution in [3.63, 3.8) is 0 Å². The average molecular weight is 321 g/mol. The van der Waals surface area contributed by atoms with Crippen LogP contribution in [-0.2, 0) is 14.3 Å². The molecular formula is C17H23NO5. The Morgan fingerprint density at radius 2 is 1.48 bits per heavy atom. The third-order valence-corrected chi connectivity index (χ3v) is 2.93. The van der Waals surface area contributed by atoms with E-state index in [1.165, 1.54) is 24.3 Å². The van der Waals surface area contributed by atoms with Gasteiger partial charge in [0.2, 0.25) is 5.91 Å². The van der Waals surface area contributed by atoms with Crippen molar-refractivity contribution in [3.8, 4) is 0 Å². The van der Waals surface area contributed by atoms with E-state index in [9.17, 15) is 14.4 Å². The van der Waals surface area contributed by atoms with E-state index >= 15 is 0 Å². The second-order valence-corrected chi connectivity index (χ2v) is 5.86. The molecule has 0 radical (unpaired) electrons. The molecule has 0 unspecified atom stereocenters. The molecule has 0 atom stereocenters. The summed E-state index contributed by atoms with van der Waals surface area (Å²) in [6.07, 6.45) is -0.740. The van der Waals surface area contributed by atoms with E-state index in [2.05, 4.69) is 0 Å². The van der Waals surface area contributed by atoms with Crippen molar-refractivity contribution in [1.29, 1.82) is 0 Å². The Labute approximate surface area is 136 Å². The maximum atomic E-state index is 12.5. The Bertz CT molecular complexity index is 572. The molecule has 0 aromatic heterocycles. The third-order valence-electron chi connectivity index (χ3n) is 2.93. The highest BCUT2D eigenvalue weighted by Gasteiger charge is 2.33. The Hall–Kier alpha value is -2.37. The molecule has 0 fully saturated rings. The van der Waals surface area contributed by atoms with Crippen LogP contribution >= 0.6 is 0 Å². The van der Waals surface area contributed by atoms with Gasteiger partial charge >= 0.3 is 12.1 Å². The Morgan fingerprint density at radius 3 is 1.91 bits per heavy atom. The summed E-state index contributed by atoms with van der Waals surface area (Å²) in [5.41, 5.74) is -0.0638. The molecule has 0 saturated carbocycles. The van der Waals surface area contributed by atoms with Crippen molar-refractivity contribution in [3.05, 3.63) is 29.8 Å². The van der Waals surface area contributed by atoms with Gasteiger partial charge in [0.05, 0.1) is 24.5 Å². The van der Waals surface area contributed by atoms with Gasteiger partial charge in [0.25, 0.3) is 0 Å². The van der Waals surface area contributed by atoms with E-state index in [-0.39, 0.29) is 19.1 Å². The van der Waals surface area contributed by atoms with E-state index < -0.39 is 17.5 Å². The first-order valence-electron chi connectivity index (χ1n) is 7.50. The highest BCUT2D eigenvalue weighted by molar-refractivity contribution is 6.14. The number of hydrogen-bond acceptors (Lipinski definition) is 5. The average Bonchev–Trinajstić information content (AvgIpc) is 2.47. The predicted molar refractivity (Wildman–Crippen MR) is 86.4 cm³/mol. The first kappa shape index (κ1) is 18.7. The lowest BCUT2D eigenvalue weighted by molar-refractivity contribution is -0.125. The van der Waals surface area contributed by atoms with Gasteiger partial charge in [0.15, 0.2) is 0 Å². The van der Waals surface area contributed by atoms with E-state index in [0.717, 1.165) is 4.90 Å². The van der Waals surface area contributed by atoms with Gasteiger partial charge in [0, 0.05) is 5.41 Å². The molecule has 0 N–H and O–H groups in total. The highest BCUT2D eigenvalue weighted by atomic mass is 16.6. The zero-order chi connectivity index (χ0) is 17.6. The van der Waals surface area contributed by atoms with Crippen molar-refractivity contribution in [2.24, 2.45) is 5.41 Å². The molecule has 0 aliphatic rings. The molecule has 0 aliphatic heterocycles. The van der Waals surface area contributed by atoms with Crippen LogP contribution in [0.3, 0.4) is 0 Å². The molecule has 0 aliphatic carbocycles. The molecule has 1 rings (SSSR count). The van der Waals surface area contributed by atoms with Crippen LogP contribution in [0.2, 0.25) is 0 Å². The summed E-state index contributed by atoms with van der Waals surface area (Å²) in [6, 6.07) is 6.06. The summed E-state index contributed by atoms with van der Waals surface area (Å²) >= 11 is 0. The van der Waals surface area contributed by atoms with Crippen LogP contribution in [0.1, 0.15) is 45.0 Å². The SMILES string of the molecule is CCOC(=O)c1ccc(N(C(=O)OCC)C(=O)C(C)(C)C)cc1. The molecule has 0 spiro atoms. The largest absolute Gasteiger partial charge is 0.462 e. The zero-order valence-electron chi connectivity index (χ0n) is 14.2. The second-order valence-electron chi connectivity index (χ2n) is 5.86. The van der Waals surface area contributed by atoms with E-state index in [1.54, 1.807) is 34.6 Å². The fourth-order valence-corrected chi connectivity index (χ4v) is 1.79. The highest BCUT2D eigenvalue weighted by Crippen LogP contribution is 2.24. The number of benzene rings is 1. The first-order valence-corrected chi connectivity index (χ1v) is 7.50.